The Morgan fingerprint density at radius 1 is 1.05 bits per heavy atom. The highest BCUT2D eigenvalue weighted by molar-refractivity contribution is 5.79. The minimum atomic E-state index is -0.617. The van der Waals surface area contributed by atoms with Crippen molar-refractivity contribution < 1.29 is 14.4 Å². The Hall–Kier alpha value is -2.33. The predicted octanol–water partition coefficient (Wildman–Crippen LogP) is 2.70. The van der Waals surface area contributed by atoms with Gasteiger partial charge >= 0.3 is 0 Å². The zero-order chi connectivity index (χ0) is 14.2. The van der Waals surface area contributed by atoms with Crippen LogP contribution in [0.25, 0.3) is 0 Å². The summed E-state index contributed by atoms with van der Waals surface area (Å²) in [6.07, 6.45) is -0.617. The van der Waals surface area contributed by atoms with Crippen molar-refractivity contribution in [2.75, 3.05) is 0 Å². The van der Waals surface area contributed by atoms with E-state index in [2.05, 4.69) is 5.48 Å². The Labute approximate surface area is 118 Å². The summed E-state index contributed by atoms with van der Waals surface area (Å²) < 4.78 is 5.49. The Balaban J connectivity index is 1.74. The van der Waals surface area contributed by atoms with Gasteiger partial charge in [-0.15, -0.1) is 0 Å². The first-order chi connectivity index (χ1) is 9.75. The second-order valence-electron chi connectivity index (χ2n) is 4.31. The molecule has 0 fully saturated rings. The lowest BCUT2D eigenvalue weighted by Crippen LogP contribution is -2.36. The number of hydrogen-bond acceptors (Lipinski definition) is 3. The van der Waals surface area contributed by atoms with Crippen molar-refractivity contribution in [3.05, 3.63) is 66.2 Å². The second-order valence-corrected chi connectivity index (χ2v) is 4.31. The molecular formula is C16H17NO3. The first-order valence-corrected chi connectivity index (χ1v) is 6.43. The molecule has 4 heteroatoms. The van der Waals surface area contributed by atoms with Gasteiger partial charge in [-0.05, 0) is 24.6 Å². The van der Waals surface area contributed by atoms with E-state index in [9.17, 15) is 4.79 Å². The minimum absolute atomic E-state index is 0.315. The van der Waals surface area contributed by atoms with Gasteiger partial charge in [0.2, 0.25) is 0 Å². The van der Waals surface area contributed by atoms with Crippen LogP contribution < -0.4 is 10.2 Å². The van der Waals surface area contributed by atoms with Gasteiger partial charge in [0.1, 0.15) is 5.75 Å². The van der Waals surface area contributed by atoms with Crippen LogP contribution in [0.1, 0.15) is 12.5 Å². The number of carbonyl (C=O) groups is 1. The van der Waals surface area contributed by atoms with Crippen molar-refractivity contribution in [2.24, 2.45) is 0 Å². The first-order valence-electron chi connectivity index (χ1n) is 6.43. The predicted molar refractivity (Wildman–Crippen MR) is 75.9 cm³/mol. The van der Waals surface area contributed by atoms with E-state index in [-0.39, 0.29) is 5.91 Å². The van der Waals surface area contributed by atoms with Crippen molar-refractivity contribution in [1.82, 2.24) is 5.48 Å². The fraction of sp³-hybridized carbons (Fsp3) is 0.188. The monoisotopic (exact) mass is 271 g/mol. The number of carbonyl (C=O) groups excluding carboxylic acids is 1. The topological polar surface area (TPSA) is 47.6 Å². The maximum atomic E-state index is 11.8. The SMILES string of the molecule is C[C@@H](Oc1ccccc1)C(=O)NOCc1ccccc1. The average Bonchev–Trinajstić information content (AvgIpc) is 2.49. The van der Waals surface area contributed by atoms with Crippen molar-refractivity contribution >= 4 is 5.91 Å². The van der Waals surface area contributed by atoms with E-state index < -0.39 is 6.10 Å². The molecule has 2 rings (SSSR count). The quantitative estimate of drug-likeness (QED) is 0.822. The molecule has 1 amide bonds. The van der Waals surface area contributed by atoms with E-state index in [1.54, 1.807) is 19.1 Å². The third-order valence-electron chi connectivity index (χ3n) is 2.68. The molecule has 0 spiro atoms. The fourth-order valence-corrected chi connectivity index (χ4v) is 1.60. The molecule has 2 aromatic rings. The first kappa shape index (κ1) is 14.1. The Morgan fingerprint density at radius 2 is 1.65 bits per heavy atom. The number of hydrogen-bond donors (Lipinski definition) is 1. The van der Waals surface area contributed by atoms with Gasteiger partial charge in [-0.3, -0.25) is 9.63 Å². The van der Waals surface area contributed by atoms with Gasteiger partial charge in [-0.1, -0.05) is 48.5 Å². The van der Waals surface area contributed by atoms with E-state index in [1.165, 1.54) is 0 Å². The summed E-state index contributed by atoms with van der Waals surface area (Å²) in [4.78, 5) is 16.9. The molecule has 1 N–H and O–H groups in total. The number of para-hydroxylation sites is 1. The lowest BCUT2D eigenvalue weighted by atomic mass is 10.2. The molecule has 0 aliphatic rings. The van der Waals surface area contributed by atoms with Crippen LogP contribution in [0.5, 0.6) is 5.75 Å². The molecule has 4 nitrogen and oxygen atoms in total. The second kappa shape index (κ2) is 7.31. The lowest BCUT2D eigenvalue weighted by molar-refractivity contribution is -0.141. The molecule has 0 aliphatic carbocycles. The lowest BCUT2D eigenvalue weighted by Gasteiger charge is -2.14. The van der Waals surface area contributed by atoms with E-state index in [4.69, 9.17) is 9.57 Å². The molecule has 0 aliphatic heterocycles. The highest BCUT2D eigenvalue weighted by Gasteiger charge is 2.14. The highest BCUT2D eigenvalue weighted by atomic mass is 16.7. The summed E-state index contributed by atoms with van der Waals surface area (Å²) in [5.41, 5.74) is 3.38. The summed E-state index contributed by atoms with van der Waals surface area (Å²) >= 11 is 0. The van der Waals surface area contributed by atoms with Crippen molar-refractivity contribution in [2.45, 2.75) is 19.6 Å². The van der Waals surface area contributed by atoms with Gasteiger partial charge in [-0.25, -0.2) is 5.48 Å². The fourth-order valence-electron chi connectivity index (χ4n) is 1.60. The summed E-state index contributed by atoms with van der Waals surface area (Å²) in [6.45, 7) is 2.00. The standard InChI is InChI=1S/C16H17NO3/c1-13(20-15-10-6-3-7-11-15)16(18)17-19-12-14-8-4-2-5-9-14/h2-11,13H,12H2,1H3,(H,17,18)/t13-/m1/s1. The molecule has 0 radical (unpaired) electrons. The third-order valence-corrected chi connectivity index (χ3v) is 2.68. The van der Waals surface area contributed by atoms with Crippen LogP contribution in [0, 0.1) is 0 Å². The van der Waals surface area contributed by atoms with E-state index in [0.29, 0.717) is 12.4 Å². The van der Waals surface area contributed by atoms with Crippen LogP contribution in [0.15, 0.2) is 60.7 Å². The molecule has 0 bridgehead atoms. The van der Waals surface area contributed by atoms with E-state index in [1.807, 2.05) is 48.5 Å². The molecule has 20 heavy (non-hydrogen) atoms. The number of ether oxygens (including phenoxy) is 1. The minimum Gasteiger partial charge on any atom is -0.481 e. The van der Waals surface area contributed by atoms with Gasteiger partial charge in [0.05, 0.1) is 6.61 Å². The van der Waals surface area contributed by atoms with Crippen molar-refractivity contribution in [3.63, 3.8) is 0 Å². The van der Waals surface area contributed by atoms with Crippen LogP contribution in [-0.2, 0) is 16.2 Å². The van der Waals surface area contributed by atoms with E-state index in [0.717, 1.165) is 5.56 Å². The van der Waals surface area contributed by atoms with Crippen LogP contribution in [0.3, 0.4) is 0 Å². The molecular weight excluding hydrogens is 254 g/mol. The molecule has 0 heterocycles. The van der Waals surface area contributed by atoms with Crippen molar-refractivity contribution in [3.8, 4) is 5.75 Å². The third kappa shape index (κ3) is 4.40. The molecule has 1 atom stereocenters. The van der Waals surface area contributed by atoms with Gasteiger partial charge in [-0.2, -0.15) is 0 Å². The number of rotatable bonds is 6. The summed E-state index contributed by atoms with van der Waals surface area (Å²) in [7, 11) is 0. The van der Waals surface area contributed by atoms with Gasteiger partial charge in [0.25, 0.3) is 5.91 Å². The van der Waals surface area contributed by atoms with Gasteiger partial charge in [0, 0.05) is 0 Å². The maximum Gasteiger partial charge on any atom is 0.284 e. The van der Waals surface area contributed by atoms with Crippen LogP contribution in [0.4, 0.5) is 0 Å². The van der Waals surface area contributed by atoms with Gasteiger partial charge in [0.15, 0.2) is 6.10 Å². The average molecular weight is 271 g/mol. The molecule has 0 aromatic heterocycles. The Morgan fingerprint density at radius 3 is 2.30 bits per heavy atom. The molecule has 0 saturated heterocycles. The number of amides is 1. The molecule has 0 saturated carbocycles. The van der Waals surface area contributed by atoms with E-state index >= 15 is 0 Å². The zero-order valence-electron chi connectivity index (χ0n) is 11.3. The molecule has 2 aromatic carbocycles. The van der Waals surface area contributed by atoms with Crippen LogP contribution >= 0.6 is 0 Å². The zero-order valence-corrected chi connectivity index (χ0v) is 11.3. The Kier molecular flexibility index (Phi) is 5.15. The Bertz CT molecular complexity index is 528. The van der Waals surface area contributed by atoms with Crippen LogP contribution in [0.2, 0.25) is 0 Å². The summed E-state index contributed by atoms with van der Waals surface area (Å²) in [5.74, 6) is 0.336. The maximum absolute atomic E-state index is 11.8. The van der Waals surface area contributed by atoms with Gasteiger partial charge < -0.3 is 4.74 Å². The summed E-state index contributed by atoms with van der Waals surface area (Å²) in [5, 5.41) is 0. The largest absolute Gasteiger partial charge is 0.481 e. The summed E-state index contributed by atoms with van der Waals surface area (Å²) in [6, 6.07) is 18.8. The van der Waals surface area contributed by atoms with Crippen LogP contribution in [-0.4, -0.2) is 12.0 Å². The normalized spacial score (nSPS) is 11.7. The number of benzene rings is 2. The number of nitrogens with one attached hydrogen (secondary N) is 1. The molecule has 104 valence electrons. The van der Waals surface area contributed by atoms with Crippen molar-refractivity contribution in [1.29, 1.82) is 0 Å². The number of hydroxylamine groups is 1. The smallest absolute Gasteiger partial charge is 0.284 e. The molecule has 0 unspecified atom stereocenters. The highest BCUT2D eigenvalue weighted by Crippen LogP contribution is 2.10.